The van der Waals surface area contributed by atoms with Crippen molar-refractivity contribution in [2.45, 2.75) is 6.92 Å². The lowest BCUT2D eigenvalue weighted by atomic mass is 10.1. The molecule has 0 radical (unpaired) electrons. The van der Waals surface area contributed by atoms with Gasteiger partial charge in [-0.05, 0) is 35.0 Å². The van der Waals surface area contributed by atoms with Crippen LogP contribution in [0.2, 0.25) is 0 Å². The standard InChI is InChI=1S/C17H14BrN3O3/c1-10-14(15(21-24-10)11-6-4-3-5-7-11)16(22)19-12-8-9-13(18)20-17(12)23-2/h3-9H,1-2H3,(H,19,22). The Morgan fingerprint density at radius 1 is 1.21 bits per heavy atom. The van der Waals surface area contributed by atoms with Crippen LogP contribution >= 0.6 is 15.9 Å². The molecule has 0 bridgehead atoms. The maximum atomic E-state index is 12.7. The fourth-order valence-electron chi connectivity index (χ4n) is 2.29. The van der Waals surface area contributed by atoms with Crippen LogP contribution in [0.3, 0.4) is 0 Å². The fraction of sp³-hybridized carbons (Fsp3) is 0.118. The van der Waals surface area contributed by atoms with Crippen molar-refractivity contribution in [3.05, 3.63) is 58.4 Å². The maximum absolute atomic E-state index is 12.7. The normalized spacial score (nSPS) is 10.5. The summed E-state index contributed by atoms with van der Waals surface area (Å²) < 4.78 is 11.0. The zero-order chi connectivity index (χ0) is 17.1. The number of hydrogen-bond donors (Lipinski definition) is 1. The Bertz CT molecular complexity index is 878. The maximum Gasteiger partial charge on any atom is 0.261 e. The number of carbonyl (C=O) groups excluding carboxylic acids is 1. The Kier molecular flexibility index (Phi) is 4.61. The molecule has 6 nitrogen and oxygen atoms in total. The molecule has 0 atom stereocenters. The number of carbonyl (C=O) groups is 1. The van der Waals surface area contributed by atoms with Gasteiger partial charge in [0.1, 0.15) is 27.3 Å². The molecular weight excluding hydrogens is 374 g/mol. The summed E-state index contributed by atoms with van der Waals surface area (Å²) in [5.74, 6) is 0.415. The molecule has 0 aliphatic rings. The molecule has 3 aromatic rings. The number of aromatic nitrogens is 2. The number of pyridine rings is 1. The van der Waals surface area contributed by atoms with Crippen molar-refractivity contribution in [2.75, 3.05) is 12.4 Å². The first kappa shape index (κ1) is 16.2. The Morgan fingerprint density at radius 3 is 2.67 bits per heavy atom. The van der Waals surface area contributed by atoms with Gasteiger partial charge in [0.05, 0.1) is 7.11 Å². The smallest absolute Gasteiger partial charge is 0.261 e. The first-order valence-corrected chi connectivity index (χ1v) is 7.93. The van der Waals surface area contributed by atoms with E-state index in [4.69, 9.17) is 9.26 Å². The van der Waals surface area contributed by atoms with Crippen LogP contribution in [0.15, 0.2) is 51.6 Å². The van der Waals surface area contributed by atoms with Gasteiger partial charge in [-0.1, -0.05) is 35.5 Å². The SMILES string of the molecule is COc1nc(Br)ccc1NC(=O)c1c(-c2ccccc2)noc1C. The van der Waals surface area contributed by atoms with E-state index in [9.17, 15) is 4.79 Å². The highest BCUT2D eigenvalue weighted by Crippen LogP contribution is 2.28. The first-order chi connectivity index (χ1) is 11.6. The van der Waals surface area contributed by atoms with Crippen LogP contribution in [0, 0.1) is 6.92 Å². The van der Waals surface area contributed by atoms with Crippen LogP contribution in [0.1, 0.15) is 16.1 Å². The monoisotopic (exact) mass is 387 g/mol. The zero-order valence-electron chi connectivity index (χ0n) is 13.0. The summed E-state index contributed by atoms with van der Waals surface area (Å²) in [6.07, 6.45) is 0. The van der Waals surface area contributed by atoms with E-state index in [1.807, 2.05) is 30.3 Å². The number of halogens is 1. The summed E-state index contributed by atoms with van der Waals surface area (Å²) in [6, 6.07) is 12.8. The number of ether oxygens (including phenoxy) is 1. The Hall–Kier alpha value is -2.67. The van der Waals surface area contributed by atoms with E-state index >= 15 is 0 Å². The van der Waals surface area contributed by atoms with Gasteiger partial charge in [-0.15, -0.1) is 0 Å². The summed E-state index contributed by atoms with van der Waals surface area (Å²) in [5.41, 5.74) is 2.14. The van der Waals surface area contributed by atoms with Crippen molar-refractivity contribution in [2.24, 2.45) is 0 Å². The molecule has 2 aromatic heterocycles. The van der Waals surface area contributed by atoms with Gasteiger partial charge in [0.2, 0.25) is 5.88 Å². The number of nitrogens with zero attached hydrogens (tertiary/aromatic N) is 2. The first-order valence-electron chi connectivity index (χ1n) is 7.13. The Labute approximate surface area is 147 Å². The van der Waals surface area contributed by atoms with Crippen LogP contribution in [-0.2, 0) is 0 Å². The molecular formula is C17H14BrN3O3. The van der Waals surface area contributed by atoms with Crippen LogP contribution in [0.4, 0.5) is 5.69 Å². The van der Waals surface area contributed by atoms with Crippen molar-refractivity contribution in [3.63, 3.8) is 0 Å². The van der Waals surface area contributed by atoms with Gasteiger partial charge in [0, 0.05) is 5.56 Å². The molecule has 0 saturated heterocycles. The van der Waals surface area contributed by atoms with Crippen LogP contribution in [0.25, 0.3) is 11.3 Å². The highest BCUT2D eigenvalue weighted by molar-refractivity contribution is 9.10. The molecule has 0 spiro atoms. The van der Waals surface area contributed by atoms with Gasteiger partial charge >= 0.3 is 0 Å². The molecule has 0 saturated carbocycles. The molecule has 0 fully saturated rings. The van der Waals surface area contributed by atoms with E-state index in [0.717, 1.165) is 5.56 Å². The van der Waals surface area contributed by atoms with Gasteiger partial charge in [0.25, 0.3) is 5.91 Å². The second-order valence-corrected chi connectivity index (χ2v) is 5.79. The van der Waals surface area contributed by atoms with Crippen molar-refractivity contribution < 1.29 is 14.1 Å². The number of methoxy groups -OCH3 is 1. The minimum Gasteiger partial charge on any atom is -0.479 e. The van der Waals surface area contributed by atoms with E-state index in [1.165, 1.54) is 7.11 Å². The van der Waals surface area contributed by atoms with E-state index in [2.05, 4.69) is 31.4 Å². The highest BCUT2D eigenvalue weighted by atomic mass is 79.9. The molecule has 0 aliphatic heterocycles. The summed E-state index contributed by atoms with van der Waals surface area (Å²) in [7, 11) is 1.49. The summed E-state index contributed by atoms with van der Waals surface area (Å²) in [5, 5.41) is 6.81. The van der Waals surface area contributed by atoms with Gasteiger partial charge in [0.15, 0.2) is 0 Å². The number of nitrogens with one attached hydrogen (secondary N) is 1. The molecule has 1 amide bonds. The fourth-order valence-corrected chi connectivity index (χ4v) is 2.58. The van der Waals surface area contributed by atoms with Crippen molar-refractivity contribution in [3.8, 4) is 17.1 Å². The van der Waals surface area contributed by atoms with Gasteiger partial charge in [-0.2, -0.15) is 0 Å². The minimum absolute atomic E-state index is 0.313. The third-order valence-corrected chi connectivity index (χ3v) is 3.85. The van der Waals surface area contributed by atoms with E-state index in [-0.39, 0.29) is 5.91 Å². The van der Waals surface area contributed by atoms with Gasteiger partial charge in [-0.25, -0.2) is 4.98 Å². The number of anilines is 1. The number of amides is 1. The molecule has 3 rings (SSSR count). The van der Waals surface area contributed by atoms with Crippen LogP contribution in [-0.4, -0.2) is 23.2 Å². The molecule has 0 aliphatic carbocycles. The van der Waals surface area contributed by atoms with E-state index < -0.39 is 0 Å². The lowest BCUT2D eigenvalue weighted by molar-refractivity contribution is 0.102. The van der Waals surface area contributed by atoms with Crippen molar-refractivity contribution in [1.82, 2.24) is 10.1 Å². The molecule has 122 valence electrons. The lowest BCUT2D eigenvalue weighted by Gasteiger charge is -2.09. The highest BCUT2D eigenvalue weighted by Gasteiger charge is 2.22. The van der Waals surface area contributed by atoms with E-state index in [1.54, 1.807) is 19.1 Å². The topological polar surface area (TPSA) is 77.2 Å². The molecule has 1 N–H and O–H groups in total. The Morgan fingerprint density at radius 2 is 1.96 bits per heavy atom. The molecule has 7 heteroatoms. The summed E-state index contributed by atoms with van der Waals surface area (Å²) in [4.78, 5) is 16.9. The van der Waals surface area contributed by atoms with Crippen LogP contribution in [0.5, 0.6) is 5.88 Å². The number of hydrogen-bond acceptors (Lipinski definition) is 5. The quantitative estimate of drug-likeness (QED) is 0.682. The Balaban J connectivity index is 1.96. The minimum atomic E-state index is -0.338. The van der Waals surface area contributed by atoms with Crippen molar-refractivity contribution >= 4 is 27.5 Å². The molecule has 2 heterocycles. The van der Waals surface area contributed by atoms with Crippen molar-refractivity contribution in [1.29, 1.82) is 0 Å². The average Bonchev–Trinajstić information content (AvgIpc) is 2.99. The van der Waals surface area contributed by atoms with Crippen LogP contribution < -0.4 is 10.1 Å². The molecule has 1 aromatic carbocycles. The third kappa shape index (κ3) is 3.16. The third-order valence-electron chi connectivity index (χ3n) is 3.40. The summed E-state index contributed by atoms with van der Waals surface area (Å²) in [6.45, 7) is 1.70. The average molecular weight is 388 g/mol. The second-order valence-electron chi connectivity index (χ2n) is 4.97. The molecule has 24 heavy (non-hydrogen) atoms. The van der Waals surface area contributed by atoms with Gasteiger partial charge < -0.3 is 14.6 Å². The number of benzene rings is 1. The largest absolute Gasteiger partial charge is 0.479 e. The molecule has 0 unspecified atom stereocenters. The predicted octanol–water partition coefficient (Wildman–Crippen LogP) is 4.07. The zero-order valence-corrected chi connectivity index (χ0v) is 14.6. The lowest BCUT2D eigenvalue weighted by Crippen LogP contribution is -2.14. The number of rotatable bonds is 4. The predicted molar refractivity (Wildman–Crippen MR) is 93.1 cm³/mol. The second kappa shape index (κ2) is 6.84. The van der Waals surface area contributed by atoms with Gasteiger partial charge in [-0.3, -0.25) is 4.79 Å². The number of aryl methyl sites for hydroxylation is 1. The summed E-state index contributed by atoms with van der Waals surface area (Å²) >= 11 is 3.27. The van der Waals surface area contributed by atoms with E-state index in [0.29, 0.717) is 33.2 Å².